The van der Waals surface area contributed by atoms with Gasteiger partial charge in [-0.05, 0) is 42.8 Å². The quantitative estimate of drug-likeness (QED) is 0.915. The van der Waals surface area contributed by atoms with E-state index in [9.17, 15) is 4.39 Å². The lowest BCUT2D eigenvalue weighted by Crippen LogP contribution is -2.08. The molecule has 0 aliphatic rings. The molecule has 2 N–H and O–H groups in total. The van der Waals surface area contributed by atoms with Crippen LogP contribution in [0.4, 0.5) is 4.39 Å². The third-order valence-electron chi connectivity index (χ3n) is 2.75. The predicted octanol–water partition coefficient (Wildman–Crippen LogP) is 4.19. The van der Waals surface area contributed by atoms with E-state index >= 15 is 0 Å². The van der Waals surface area contributed by atoms with Crippen LogP contribution in [0.3, 0.4) is 0 Å². The van der Waals surface area contributed by atoms with Crippen molar-refractivity contribution in [3.63, 3.8) is 0 Å². The van der Waals surface area contributed by atoms with Gasteiger partial charge in [0.2, 0.25) is 0 Å². The van der Waals surface area contributed by atoms with Crippen LogP contribution in [0.2, 0.25) is 0 Å². The summed E-state index contributed by atoms with van der Waals surface area (Å²) in [5.74, 6) is 0.318. The fraction of sp³-hybridized carbons (Fsp3) is 0.200. The Morgan fingerprint density at radius 2 is 2.05 bits per heavy atom. The molecule has 0 heterocycles. The average molecular weight is 324 g/mol. The van der Waals surface area contributed by atoms with Gasteiger partial charge in [-0.2, -0.15) is 0 Å². The maximum Gasteiger partial charge on any atom is 0.124 e. The van der Waals surface area contributed by atoms with Gasteiger partial charge < -0.3 is 10.5 Å². The second-order valence-electron chi connectivity index (χ2n) is 4.39. The molecule has 0 fully saturated rings. The molecule has 0 aliphatic carbocycles. The molecule has 2 aromatic rings. The minimum atomic E-state index is -0.304. The largest absolute Gasteiger partial charge is 0.489 e. The van der Waals surface area contributed by atoms with E-state index in [2.05, 4.69) is 15.9 Å². The first-order valence-electron chi connectivity index (χ1n) is 5.98. The SMILES string of the molecule is C[C@@H](N)c1cc(F)ccc1OCc1cccc(Br)c1. The number of rotatable bonds is 4. The zero-order chi connectivity index (χ0) is 13.8. The molecular weight excluding hydrogens is 309 g/mol. The van der Waals surface area contributed by atoms with Gasteiger partial charge in [0, 0.05) is 16.1 Å². The second-order valence-corrected chi connectivity index (χ2v) is 5.31. The molecule has 0 aliphatic heterocycles. The van der Waals surface area contributed by atoms with Crippen LogP contribution >= 0.6 is 15.9 Å². The molecule has 0 amide bonds. The monoisotopic (exact) mass is 323 g/mol. The van der Waals surface area contributed by atoms with Crippen molar-refractivity contribution in [3.8, 4) is 5.75 Å². The average Bonchev–Trinajstić information content (AvgIpc) is 2.37. The minimum Gasteiger partial charge on any atom is -0.489 e. The van der Waals surface area contributed by atoms with E-state index in [0.717, 1.165) is 10.0 Å². The standard InChI is InChI=1S/C15H15BrFNO/c1-10(18)14-8-13(17)5-6-15(14)19-9-11-3-2-4-12(16)7-11/h2-8,10H,9,18H2,1H3/t10-/m1/s1. The summed E-state index contributed by atoms with van der Waals surface area (Å²) in [6, 6.07) is 12.0. The first-order chi connectivity index (χ1) is 9.06. The Morgan fingerprint density at radius 3 is 2.74 bits per heavy atom. The Labute approximate surface area is 120 Å². The summed E-state index contributed by atoms with van der Waals surface area (Å²) in [7, 11) is 0. The lowest BCUT2D eigenvalue weighted by molar-refractivity contribution is 0.301. The number of halogens is 2. The Balaban J connectivity index is 2.15. The molecule has 2 rings (SSSR count). The number of ether oxygens (including phenoxy) is 1. The molecule has 0 spiro atoms. The van der Waals surface area contributed by atoms with Crippen molar-refractivity contribution >= 4 is 15.9 Å². The number of nitrogens with two attached hydrogens (primary N) is 1. The molecule has 100 valence electrons. The van der Waals surface area contributed by atoms with Crippen LogP contribution in [0.1, 0.15) is 24.1 Å². The van der Waals surface area contributed by atoms with Crippen molar-refractivity contribution in [1.82, 2.24) is 0 Å². The molecule has 0 unspecified atom stereocenters. The van der Waals surface area contributed by atoms with E-state index in [1.165, 1.54) is 12.1 Å². The number of hydrogen-bond donors (Lipinski definition) is 1. The minimum absolute atomic E-state index is 0.270. The zero-order valence-corrected chi connectivity index (χ0v) is 12.2. The summed E-state index contributed by atoms with van der Waals surface area (Å²) in [5, 5.41) is 0. The number of hydrogen-bond acceptors (Lipinski definition) is 2. The molecule has 1 atom stereocenters. The molecule has 0 radical (unpaired) electrons. The van der Waals surface area contributed by atoms with Crippen molar-refractivity contribution in [3.05, 3.63) is 63.9 Å². The molecule has 4 heteroatoms. The zero-order valence-electron chi connectivity index (χ0n) is 10.6. The molecule has 19 heavy (non-hydrogen) atoms. The lowest BCUT2D eigenvalue weighted by Gasteiger charge is -2.14. The summed E-state index contributed by atoms with van der Waals surface area (Å²) < 4.78 is 19.9. The fourth-order valence-corrected chi connectivity index (χ4v) is 2.24. The van der Waals surface area contributed by atoms with Gasteiger partial charge in [0.25, 0.3) is 0 Å². The van der Waals surface area contributed by atoms with Gasteiger partial charge in [0.05, 0.1) is 0 Å². The van der Waals surface area contributed by atoms with Crippen molar-refractivity contribution in [2.45, 2.75) is 19.6 Å². The Morgan fingerprint density at radius 1 is 1.26 bits per heavy atom. The van der Waals surface area contributed by atoms with Crippen LogP contribution in [0.25, 0.3) is 0 Å². The highest BCUT2D eigenvalue weighted by atomic mass is 79.9. The third kappa shape index (κ3) is 3.78. The first-order valence-corrected chi connectivity index (χ1v) is 6.78. The summed E-state index contributed by atoms with van der Waals surface area (Å²) in [4.78, 5) is 0. The smallest absolute Gasteiger partial charge is 0.124 e. The predicted molar refractivity (Wildman–Crippen MR) is 77.5 cm³/mol. The van der Waals surface area contributed by atoms with Gasteiger partial charge in [-0.15, -0.1) is 0 Å². The Hall–Kier alpha value is -1.39. The van der Waals surface area contributed by atoms with Gasteiger partial charge in [-0.3, -0.25) is 0 Å². The second kappa shape index (κ2) is 6.17. The topological polar surface area (TPSA) is 35.2 Å². The molecule has 2 aromatic carbocycles. The van der Waals surface area contributed by atoms with E-state index < -0.39 is 0 Å². The highest BCUT2D eigenvalue weighted by Crippen LogP contribution is 2.25. The van der Waals surface area contributed by atoms with Crippen molar-refractivity contribution in [2.24, 2.45) is 5.73 Å². The van der Waals surface area contributed by atoms with Crippen molar-refractivity contribution in [2.75, 3.05) is 0 Å². The van der Waals surface area contributed by atoms with E-state index in [0.29, 0.717) is 17.9 Å². The molecule has 0 bridgehead atoms. The maximum absolute atomic E-state index is 13.2. The summed E-state index contributed by atoms with van der Waals surface area (Å²) in [6.45, 7) is 2.23. The van der Waals surface area contributed by atoms with Crippen LogP contribution in [0, 0.1) is 5.82 Å². The third-order valence-corrected chi connectivity index (χ3v) is 3.24. The molecule has 2 nitrogen and oxygen atoms in total. The highest BCUT2D eigenvalue weighted by molar-refractivity contribution is 9.10. The Bertz CT molecular complexity index is 572. The molecule has 0 saturated carbocycles. The van der Waals surface area contributed by atoms with Gasteiger partial charge in [-0.25, -0.2) is 4.39 Å². The Kier molecular flexibility index (Phi) is 4.56. The highest BCUT2D eigenvalue weighted by Gasteiger charge is 2.09. The van der Waals surface area contributed by atoms with Gasteiger partial charge in [0.15, 0.2) is 0 Å². The van der Waals surface area contributed by atoms with Crippen molar-refractivity contribution in [1.29, 1.82) is 0 Å². The van der Waals surface area contributed by atoms with Crippen LogP contribution in [0.5, 0.6) is 5.75 Å². The van der Waals surface area contributed by atoms with Crippen LogP contribution < -0.4 is 10.5 Å². The molecule has 0 saturated heterocycles. The van der Waals surface area contributed by atoms with Gasteiger partial charge in [0.1, 0.15) is 18.2 Å². The fourth-order valence-electron chi connectivity index (χ4n) is 1.79. The van der Waals surface area contributed by atoms with Crippen LogP contribution in [0.15, 0.2) is 46.9 Å². The van der Waals surface area contributed by atoms with E-state index in [-0.39, 0.29) is 11.9 Å². The van der Waals surface area contributed by atoms with E-state index in [4.69, 9.17) is 10.5 Å². The molecular formula is C15H15BrFNO. The van der Waals surface area contributed by atoms with Gasteiger partial charge >= 0.3 is 0 Å². The van der Waals surface area contributed by atoms with Crippen LogP contribution in [-0.2, 0) is 6.61 Å². The maximum atomic E-state index is 13.2. The van der Waals surface area contributed by atoms with E-state index in [1.807, 2.05) is 24.3 Å². The lowest BCUT2D eigenvalue weighted by atomic mass is 10.1. The van der Waals surface area contributed by atoms with E-state index in [1.54, 1.807) is 13.0 Å². The normalized spacial score (nSPS) is 12.2. The number of benzene rings is 2. The summed E-state index contributed by atoms with van der Waals surface area (Å²) >= 11 is 3.41. The van der Waals surface area contributed by atoms with Crippen LogP contribution in [-0.4, -0.2) is 0 Å². The molecule has 0 aromatic heterocycles. The van der Waals surface area contributed by atoms with Gasteiger partial charge in [-0.1, -0.05) is 28.1 Å². The summed E-state index contributed by atoms with van der Waals surface area (Å²) in [5.41, 5.74) is 7.53. The summed E-state index contributed by atoms with van der Waals surface area (Å²) in [6.07, 6.45) is 0. The van der Waals surface area contributed by atoms with Crippen molar-refractivity contribution < 1.29 is 9.13 Å². The first kappa shape index (κ1) is 14.0.